The van der Waals surface area contributed by atoms with Crippen LogP contribution in [0.15, 0.2) is 50.6 Å². The van der Waals surface area contributed by atoms with Crippen LogP contribution in [0.5, 0.6) is 0 Å². The maximum absolute atomic E-state index is 6.31. The zero-order valence-corrected chi connectivity index (χ0v) is 22.9. The van der Waals surface area contributed by atoms with E-state index >= 15 is 0 Å². The quantitative estimate of drug-likeness (QED) is 0.163. The van der Waals surface area contributed by atoms with Crippen molar-refractivity contribution in [2.24, 2.45) is 0 Å². The van der Waals surface area contributed by atoms with E-state index in [2.05, 4.69) is 74.8 Å². The Labute approximate surface area is 185 Å². The maximum Gasteiger partial charge on any atom is 0.205 e. The fraction of sp³-hybridized carbons (Fsp3) is 0.680. The molecule has 0 N–H and O–H groups in total. The van der Waals surface area contributed by atoms with Crippen LogP contribution < -0.4 is 0 Å². The molecule has 0 atom stereocenters. The van der Waals surface area contributed by atoms with Gasteiger partial charge in [0.2, 0.25) is 16.6 Å². The lowest BCUT2D eigenvalue weighted by molar-refractivity contribution is 0.275. The summed E-state index contributed by atoms with van der Waals surface area (Å²) in [4.78, 5) is 0. The lowest BCUT2D eigenvalue weighted by Crippen LogP contribution is -2.46. The molecule has 0 heterocycles. The van der Waals surface area contributed by atoms with Gasteiger partial charge in [0.05, 0.1) is 0 Å². The van der Waals surface area contributed by atoms with Crippen molar-refractivity contribution in [3.8, 4) is 0 Å². The Morgan fingerprint density at radius 2 is 1.03 bits per heavy atom. The molecule has 0 unspecified atom stereocenters. The smallest absolute Gasteiger partial charge is 0.205 e. The Kier molecular flexibility index (Phi) is 15.1. The molecule has 0 aliphatic carbocycles. The molecule has 0 spiro atoms. The van der Waals surface area contributed by atoms with Crippen LogP contribution >= 0.6 is 0 Å². The Morgan fingerprint density at radius 1 is 0.690 bits per heavy atom. The Hall–Kier alpha value is -0.686. The average molecular weight is 439 g/mol. The van der Waals surface area contributed by atoms with Crippen LogP contribution in [-0.2, 0) is 8.85 Å². The van der Waals surface area contributed by atoms with Crippen LogP contribution in [0.3, 0.4) is 0 Å². The average Bonchev–Trinajstić information content (AvgIpc) is 2.60. The highest BCUT2D eigenvalue weighted by Gasteiger charge is 2.44. The summed E-state index contributed by atoms with van der Waals surface area (Å²) in [6, 6.07) is 4.04. The first-order valence-electron chi connectivity index (χ1n) is 11.0. The van der Waals surface area contributed by atoms with E-state index in [1.807, 2.05) is 31.4 Å². The zero-order chi connectivity index (χ0) is 23.2. The normalized spacial score (nSPS) is 12.6. The molecule has 0 fully saturated rings. The van der Waals surface area contributed by atoms with Crippen LogP contribution in [-0.4, -0.2) is 30.4 Å². The Bertz CT molecular complexity index is 464. The van der Waals surface area contributed by atoms with E-state index in [0.29, 0.717) is 0 Å². The lowest BCUT2D eigenvalue weighted by Gasteiger charge is -2.41. The van der Waals surface area contributed by atoms with Gasteiger partial charge in [0.1, 0.15) is 0 Å². The van der Waals surface area contributed by atoms with Crippen molar-refractivity contribution >= 4 is 16.6 Å². The van der Waals surface area contributed by atoms with Crippen molar-refractivity contribution in [2.75, 3.05) is 13.7 Å². The van der Waals surface area contributed by atoms with Crippen molar-refractivity contribution in [1.29, 1.82) is 0 Å². The second-order valence-electron chi connectivity index (χ2n) is 9.87. The molecule has 29 heavy (non-hydrogen) atoms. The zero-order valence-electron chi connectivity index (χ0n) is 20.9. The minimum atomic E-state index is -1.77. The summed E-state index contributed by atoms with van der Waals surface area (Å²) in [5.74, 6) is 0. The van der Waals surface area contributed by atoms with Gasteiger partial charge in [-0.1, -0.05) is 79.2 Å². The van der Waals surface area contributed by atoms with Crippen LogP contribution in [0.25, 0.3) is 0 Å². The number of hydrogen-bond donors (Lipinski definition) is 0. The molecule has 0 amide bonds. The monoisotopic (exact) mass is 438 g/mol. The van der Waals surface area contributed by atoms with Gasteiger partial charge in [0, 0.05) is 13.7 Å². The SMILES string of the molecule is C=CC[Si](CC=C)(OC)C(C)(C)C.C=CC[Si](CC=C)(OCCCC)C(C)(C)C. The third kappa shape index (κ3) is 9.78. The summed E-state index contributed by atoms with van der Waals surface area (Å²) in [6.45, 7) is 32.1. The molecule has 0 aromatic carbocycles. The van der Waals surface area contributed by atoms with E-state index in [1.54, 1.807) is 0 Å². The predicted octanol–water partition coefficient (Wildman–Crippen LogP) is 8.67. The molecule has 0 radical (unpaired) electrons. The van der Waals surface area contributed by atoms with Gasteiger partial charge in [0.25, 0.3) is 0 Å². The molecule has 0 aromatic rings. The van der Waals surface area contributed by atoms with Crippen molar-refractivity contribution in [1.82, 2.24) is 0 Å². The topological polar surface area (TPSA) is 18.5 Å². The third-order valence-corrected chi connectivity index (χ3v) is 16.7. The molecule has 0 rings (SSSR count). The molecule has 170 valence electrons. The second kappa shape index (κ2) is 14.3. The highest BCUT2D eigenvalue weighted by molar-refractivity contribution is 6.77. The van der Waals surface area contributed by atoms with E-state index in [1.165, 1.54) is 6.42 Å². The van der Waals surface area contributed by atoms with E-state index in [0.717, 1.165) is 37.2 Å². The fourth-order valence-electron chi connectivity index (χ4n) is 3.54. The van der Waals surface area contributed by atoms with Crippen LogP contribution in [0.1, 0.15) is 61.3 Å². The molecule has 0 saturated carbocycles. The van der Waals surface area contributed by atoms with E-state index in [4.69, 9.17) is 8.85 Å². The highest BCUT2D eigenvalue weighted by Crippen LogP contribution is 2.43. The molecule has 0 saturated heterocycles. The minimum Gasteiger partial charge on any atom is -0.419 e. The first-order valence-corrected chi connectivity index (χ1v) is 15.6. The molecule has 4 heteroatoms. The van der Waals surface area contributed by atoms with Gasteiger partial charge < -0.3 is 8.85 Å². The summed E-state index contributed by atoms with van der Waals surface area (Å²) in [7, 11) is -1.65. The van der Waals surface area contributed by atoms with Crippen molar-refractivity contribution in [2.45, 2.75) is 95.6 Å². The molecule has 2 nitrogen and oxygen atoms in total. The Balaban J connectivity index is 0. The standard InChI is InChI=1S/C14H28OSi.C11H22OSi/c1-7-10-11-15-16(12-8-2,13-9-3)14(4,5)6;1-7-9-13(12-6,10-8-2)11(3,4)5/h8-9H,2-3,7,10-13H2,1,4-6H3;7-8H,1-2,9-10H2,3-6H3. The molecule has 0 aliphatic rings. The van der Waals surface area contributed by atoms with E-state index in [-0.39, 0.29) is 10.1 Å². The molecular formula is C25H50O2Si2. The number of hydrogen-bond acceptors (Lipinski definition) is 2. The summed E-state index contributed by atoms with van der Waals surface area (Å²) in [6.07, 6.45) is 10.3. The van der Waals surface area contributed by atoms with Gasteiger partial charge in [0.15, 0.2) is 0 Å². The summed E-state index contributed by atoms with van der Waals surface area (Å²) >= 11 is 0. The Morgan fingerprint density at radius 3 is 1.28 bits per heavy atom. The number of rotatable bonds is 13. The van der Waals surface area contributed by atoms with Crippen molar-refractivity contribution in [3.63, 3.8) is 0 Å². The number of unbranched alkanes of at least 4 members (excludes halogenated alkanes) is 1. The van der Waals surface area contributed by atoms with Crippen LogP contribution in [0, 0.1) is 0 Å². The van der Waals surface area contributed by atoms with Gasteiger partial charge in [-0.05, 0) is 40.7 Å². The lowest BCUT2D eigenvalue weighted by atomic mass is 10.2. The predicted molar refractivity (Wildman–Crippen MR) is 139 cm³/mol. The summed E-state index contributed by atoms with van der Waals surface area (Å²) < 4.78 is 12.1. The third-order valence-electron chi connectivity index (χ3n) is 5.90. The second-order valence-corrected chi connectivity index (χ2v) is 19.2. The van der Waals surface area contributed by atoms with Crippen LogP contribution in [0.2, 0.25) is 34.3 Å². The van der Waals surface area contributed by atoms with E-state index in [9.17, 15) is 0 Å². The highest BCUT2D eigenvalue weighted by atomic mass is 28.4. The van der Waals surface area contributed by atoms with Crippen molar-refractivity contribution in [3.05, 3.63) is 50.6 Å². The summed E-state index contributed by atoms with van der Waals surface area (Å²) in [5.41, 5.74) is 0. The van der Waals surface area contributed by atoms with Gasteiger partial charge >= 0.3 is 0 Å². The largest absolute Gasteiger partial charge is 0.419 e. The molecular weight excluding hydrogens is 388 g/mol. The first-order chi connectivity index (χ1) is 13.4. The van der Waals surface area contributed by atoms with Gasteiger partial charge in [-0.15, -0.1) is 26.3 Å². The minimum absolute atomic E-state index is 0.239. The number of allylic oxidation sites excluding steroid dienone is 4. The maximum atomic E-state index is 6.31. The fourth-order valence-corrected chi connectivity index (χ4v) is 10.3. The van der Waals surface area contributed by atoms with Crippen molar-refractivity contribution < 1.29 is 8.85 Å². The first kappa shape index (κ1) is 30.5. The molecule has 0 aromatic heterocycles. The van der Waals surface area contributed by atoms with E-state index < -0.39 is 16.6 Å². The van der Waals surface area contributed by atoms with Crippen LogP contribution in [0.4, 0.5) is 0 Å². The van der Waals surface area contributed by atoms with Gasteiger partial charge in [-0.2, -0.15) is 0 Å². The van der Waals surface area contributed by atoms with Gasteiger partial charge in [-0.25, -0.2) is 0 Å². The molecule has 0 aliphatic heterocycles. The summed E-state index contributed by atoms with van der Waals surface area (Å²) in [5, 5.41) is 0.479. The van der Waals surface area contributed by atoms with Gasteiger partial charge in [-0.3, -0.25) is 0 Å². The molecule has 0 bridgehead atoms.